The van der Waals surface area contributed by atoms with Gasteiger partial charge in [0.15, 0.2) is 0 Å². The Morgan fingerprint density at radius 1 is 0.815 bits per heavy atom. The molecule has 156 valence electrons. The molecule has 1 atom stereocenters. The highest BCUT2D eigenvalue weighted by atomic mass is 19.4. The summed E-state index contributed by atoms with van der Waals surface area (Å²) in [7, 11) is 0. The van der Waals surface area contributed by atoms with Crippen LogP contribution in [0.15, 0.2) is 24.3 Å². The number of rotatable bonds is 7. The summed E-state index contributed by atoms with van der Waals surface area (Å²) in [5.41, 5.74) is -2.35. The van der Waals surface area contributed by atoms with Crippen LogP contribution in [0.2, 0.25) is 0 Å². The Kier molecular flexibility index (Phi) is 6.27. The Labute approximate surface area is 150 Å². The molecule has 1 N–H and O–H groups in total. The Bertz CT molecular complexity index is 631. The van der Waals surface area contributed by atoms with Crippen molar-refractivity contribution in [2.24, 2.45) is 5.92 Å². The maximum atomic E-state index is 13.8. The summed E-state index contributed by atoms with van der Waals surface area (Å²) in [6.45, 7) is 4.43. The number of alkyl halides is 9. The minimum absolute atomic E-state index is 0.240. The van der Waals surface area contributed by atoms with E-state index < -0.39 is 36.0 Å². The first kappa shape index (κ1) is 23.6. The normalized spacial score (nSPS) is 16.5. The van der Waals surface area contributed by atoms with Crippen LogP contribution in [0.25, 0.3) is 0 Å². The minimum atomic E-state index is -6.97. The van der Waals surface area contributed by atoms with E-state index in [2.05, 4.69) is 0 Å². The van der Waals surface area contributed by atoms with E-state index in [1.54, 1.807) is 0 Å². The Morgan fingerprint density at radius 3 is 1.63 bits per heavy atom. The zero-order valence-electron chi connectivity index (χ0n) is 14.6. The molecule has 0 aliphatic heterocycles. The molecule has 1 aromatic rings. The number of aliphatic hydroxyl groups is 1. The third-order valence-corrected chi connectivity index (χ3v) is 4.00. The average molecular weight is 410 g/mol. The van der Waals surface area contributed by atoms with Crippen LogP contribution in [0.4, 0.5) is 39.5 Å². The van der Waals surface area contributed by atoms with Crippen LogP contribution in [-0.2, 0) is 12.0 Å². The number of hydrogen-bond acceptors (Lipinski definition) is 1. The van der Waals surface area contributed by atoms with E-state index >= 15 is 0 Å². The summed E-state index contributed by atoms with van der Waals surface area (Å²) in [5.74, 6) is -19.3. The molecule has 0 amide bonds. The van der Waals surface area contributed by atoms with E-state index in [4.69, 9.17) is 0 Å². The largest absolute Gasteiger partial charge is 0.460 e. The van der Waals surface area contributed by atoms with Crippen LogP contribution >= 0.6 is 0 Å². The summed E-state index contributed by atoms with van der Waals surface area (Å²) in [6, 6.07) is 5.11. The van der Waals surface area contributed by atoms with Crippen LogP contribution in [0.3, 0.4) is 0 Å². The van der Waals surface area contributed by atoms with E-state index in [1.165, 1.54) is 12.1 Å². The molecular weight excluding hydrogens is 391 g/mol. The first-order valence-electron chi connectivity index (χ1n) is 7.87. The lowest BCUT2D eigenvalue weighted by atomic mass is 9.85. The number of benzene rings is 1. The van der Waals surface area contributed by atoms with E-state index in [0.29, 0.717) is 13.3 Å². The quantitative estimate of drug-likeness (QED) is 0.551. The van der Waals surface area contributed by atoms with Gasteiger partial charge in [0.25, 0.3) is 0 Å². The maximum Gasteiger partial charge on any atom is 0.460 e. The predicted molar refractivity (Wildman–Crippen MR) is 80.1 cm³/mol. The molecule has 1 rings (SSSR count). The highest BCUT2D eigenvalue weighted by Crippen LogP contribution is 2.55. The molecule has 0 aliphatic rings. The molecule has 1 nitrogen and oxygen atoms in total. The van der Waals surface area contributed by atoms with E-state index in [0.717, 1.165) is 17.7 Å². The second-order valence-corrected chi connectivity index (χ2v) is 7.10. The topological polar surface area (TPSA) is 20.2 Å². The third-order valence-electron chi connectivity index (χ3n) is 4.00. The Hall–Kier alpha value is -1.45. The molecule has 0 aliphatic carbocycles. The van der Waals surface area contributed by atoms with Crippen LogP contribution in [0.5, 0.6) is 0 Å². The van der Waals surface area contributed by atoms with Crippen molar-refractivity contribution in [1.29, 1.82) is 0 Å². The van der Waals surface area contributed by atoms with Crippen LogP contribution in [0, 0.1) is 5.92 Å². The zero-order chi connectivity index (χ0) is 21.5. The molecular formula is C17H19F9O. The molecule has 0 fully saturated rings. The van der Waals surface area contributed by atoms with Gasteiger partial charge in [0.05, 0.1) is 12.0 Å². The van der Waals surface area contributed by atoms with Gasteiger partial charge in [-0.1, -0.05) is 38.1 Å². The zero-order valence-corrected chi connectivity index (χ0v) is 14.6. The van der Waals surface area contributed by atoms with E-state index in [1.807, 2.05) is 13.8 Å². The van der Waals surface area contributed by atoms with Crippen molar-refractivity contribution in [2.75, 3.05) is 0 Å². The molecule has 1 aromatic carbocycles. The van der Waals surface area contributed by atoms with Gasteiger partial charge >= 0.3 is 23.9 Å². The molecule has 0 saturated heterocycles. The van der Waals surface area contributed by atoms with Gasteiger partial charge in [0.1, 0.15) is 0 Å². The molecule has 0 spiro atoms. The standard InChI is InChI=1S/C17H19F9O/c1-10(2)8-11-4-6-12(7-5-11)13(3,27)9-14(18,19)15(20,21)16(22,23)17(24,25)26/h4-7,10,27H,8-9H2,1-3H3. The van der Waals surface area contributed by atoms with Gasteiger partial charge in [-0.15, -0.1) is 0 Å². The second kappa shape index (κ2) is 7.18. The van der Waals surface area contributed by atoms with Crippen molar-refractivity contribution in [3.63, 3.8) is 0 Å². The minimum Gasteiger partial charge on any atom is -0.385 e. The van der Waals surface area contributed by atoms with E-state index in [9.17, 15) is 44.6 Å². The average Bonchev–Trinajstić information content (AvgIpc) is 2.44. The molecule has 0 heterocycles. The first-order valence-corrected chi connectivity index (χ1v) is 7.87. The highest BCUT2D eigenvalue weighted by Gasteiger charge is 2.81. The Balaban J connectivity index is 3.15. The fraction of sp³-hybridized carbons (Fsp3) is 0.647. The van der Waals surface area contributed by atoms with Gasteiger partial charge in [-0.25, -0.2) is 0 Å². The fourth-order valence-corrected chi connectivity index (χ4v) is 2.52. The predicted octanol–water partition coefficient (Wildman–Crippen LogP) is 5.95. The summed E-state index contributed by atoms with van der Waals surface area (Å²) >= 11 is 0. The molecule has 1 unspecified atom stereocenters. The van der Waals surface area contributed by atoms with Gasteiger partial charge in [0, 0.05) is 0 Å². The summed E-state index contributed by atoms with van der Waals surface area (Å²) in [6.07, 6.45) is -8.62. The molecule has 0 radical (unpaired) electrons. The third kappa shape index (κ3) is 4.70. The lowest BCUT2D eigenvalue weighted by molar-refractivity contribution is -0.400. The van der Waals surface area contributed by atoms with Crippen molar-refractivity contribution in [3.8, 4) is 0 Å². The van der Waals surface area contributed by atoms with Crippen molar-refractivity contribution >= 4 is 0 Å². The molecule has 0 saturated carbocycles. The van der Waals surface area contributed by atoms with Gasteiger partial charge in [-0.05, 0) is 30.4 Å². The molecule has 0 aromatic heterocycles. The lowest BCUT2D eigenvalue weighted by Gasteiger charge is -2.37. The highest BCUT2D eigenvalue weighted by molar-refractivity contribution is 5.27. The van der Waals surface area contributed by atoms with Crippen molar-refractivity contribution in [1.82, 2.24) is 0 Å². The van der Waals surface area contributed by atoms with Gasteiger partial charge < -0.3 is 5.11 Å². The van der Waals surface area contributed by atoms with Gasteiger partial charge in [0.2, 0.25) is 0 Å². The van der Waals surface area contributed by atoms with Crippen LogP contribution in [-0.4, -0.2) is 29.1 Å². The monoisotopic (exact) mass is 410 g/mol. The lowest BCUT2D eigenvalue weighted by Crippen LogP contribution is -2.62. The van der Waals surface area contributed by atoms with Crippen molar-refractivity contribution in [3.05, 3.63) is 35.4 Å². The molecule has 10 heteroatoms. The van der Waals surface area contributed by atoms with Crippen LogP contribution < -0.4 is 0 Å². The number of hydrogen-bond donors (Lipinski definition) is 1. The second-order valence-electron chi connectivity index (χ2n) is 7.10. The van der Waals surface area contributed by atoms with E-state index in [-0.39, 0.29) is 11.5 Å². The van der Waals surface area contributed by atoms with Gasteiger partial charge in [-0.3, -0.25) is 0 Å². The maximum absolute atomic E-state index is 13.8. The Morgan fingerprint density at radius 2 is 1.26 bits per heavy atom. The summed E-state index contributed by atoms with van der Waals surface area (Å²) in [4.78, 5) is 0. The first-order chi connectivity index (χ1) is 11.8. The smallest absolute Gasteiger partial charge is 0.385 e. The summed E-state index contributed by atoms with van der Waals surface area (Å²) in [5, 5.41) is 10.1. The fourth-order valence-electron chi connectivity index (χ4n) is 2.52. The molecule has 0 bridgehead atoms. The number of halogens is 9. The van der Waals surface area contributed by atoms with Crippen LogP contribution in [0.1, 0.15) is 38.3 Å². The molecule has 27 heavy (non-hydrogen) atoms. The van der Waals surface area contributed by atoms with Crippen molar-refractivity contribution < 1.29 is 44.6 Å². The van der Waals surface area contributed by atoms with Crippen molar-refractivity contribution in [2.45, 2.75) is 63.2 Å². The van der Waals surface area contributed by atoms with Gasteiger partial charge in [-0.2, -0.15) is 39.5 Å². The summed E-state index contributed by atoms with van der Waals surface area (Å²) < 4.78 is 117. The SMILES string of the molecule is CC(C)Cc1ccc(C(C)(O)CC(F)(F)C(F)(F)C(F)(F)C(F)(F)F)cc1.